The number of hydrogen-bond donors (Lipinski definition) is 1. The number of hydrogen-bond acceptors (Lipinski definition) is 4. The van der Waals surface area contributed by atoms with E-state index in [0.717, 1.165) is 17.7 Å². The number of piperidine rings is 1. The Balaban J connectivity index is 1.48. The fraction of sp³-hybridized carbons (Fsp3) is 0.632. The molecule has 0 aromatic carbocycles. The Hall–Kier alpha value is -1.89. The maximum atomic E-state index is 12.6. The minimum Gasteiger partial charge on any atom is -0.353 e. The van der Waals surface area contributed by atoms with Crippen molar-refractivity contribution in [2.45, 2.75) is 51.6 Å². The van der Waals surface area contributed by atoms with Gasteiger partial charge in [0.25, 0.3) is 5.91 Å². The summed E-state index contributed by atoms with van der Waals surface area (Å²) in [5, 5.41) is 5.00. The van der Waals surface area contributed by atoms with Crippen molar-refractivity contribution in [2.24, 2.45) is 5.92 Å². The maximum absolute atomic E-state index is 12.6. The molecule has 3 amide bonds. The molecule has 1 aromatic rings. The molecule has 0 spiro atoms. The summed E-state index contributed by atoms with van der Waals surface area (Å²) in [5.41, 5.74) is -0.250. The lowest BCUT2D eigenvalue weighted by Crippen LogP contribution is -2.48. The van der Waals surface area contributed by atoms with Crippen LogP contribution in [-0.4, -0.2) is 58.7 Å². The molecule has 2 aliphatic heterocycles. The first kappa shape index (κ1) is 18.9. The van der Waals surface area contributed by atoms with Gasteiger partial charge in [-0.15, -0.1) is 11.3 Å². The van der Waals surface area contributed by atoms with E-state index in [-0.39, 0.29) is 35.2 Å². The van der Waals surface area contributed by atoms with Gasteiger partial charge >= 0.3 is 0 Å². The summed E-state index contributed by atoms with van der Waals surface area (Å²) < 4.78 is 0. The van der Waals surface area contributed by atoms with Crippen molar-refractivity contribution in [3.05, 3.63) is 22.4 Å². The molecule has 142 valence electrons. The van der Waals surface area contributed by atoms with Crippen LogP contribution in [-0.2, 0) is 9.59 Å². The smallest absolute Gasteiger partial charge is 0.263 e. The van der Waals surface area contributed by atoms with Crippen LogP contribution in [0.1, 0.15) is 49.7 Å². The van der Waals surface area contributed by atoms with E-state index in [1.54, 1.807) is 4.90 Å². The molecule has 1 N–H and O–H groups in total. The van der Waals surface area contributed by atoms with Crippen LogP contribution < -0.4 is 5.32 Å². The molecular formula is C19H27N3O3S. The molecule has 0 saturated carbocycles. The third kappa shape index (κ3) is 4.09. The molecule has 2 aliphatic rings. The van der Waals surface area contributed by atoms with Gasteiger partial charge in [-0.25, -0.2) is 0 Å². The van der Waals surface area contributed by atoms with E-state index in [1.807, 2.05) is 43.2 Å². The second-order valence-corrected chi connectivity index (χ2v) is 9.08. The number of carbonyl (C=O) groups excluding carboxylic acids is 3. The van der Waals surface area contributed by atoms with Crippen molar-refractivity contribution in [1.29, 1.82) is 0 Å². The molecule has 7 heteroatoms. The van der Waals surface area contributed by atoms with Gasteiger partial charge in [-0.1, -0.05) is 6.07 Å². The van der Waals surface area contributed by atoms with Crippen molar-refractivity contribution < 1.29 is 14.4 Å². The molecule has 3 rings (SSSR count). The second kappa shape index (κ2) is 7.39. The van der Waals surface area contributed by atoms with Crippen LogP contribution >= 0.6 is 11.3 Å². The number of nitrogens with zero attached hydrogens (tertiary/aromatic N) is 2. The van der Waals surface area contributed by atoms with Gasteiger partial charge in [0.1, 0.15) is 0 Å². The predicted octanol–water partition coefficient (Wildman–Crippen LogP) is 2.12. The molecule has 6 nitrogen and oxygen atoms in total. The highest BCUT2D eigenvalue weighted by molar-refractivity contribution is 7.12. The van der Waals surface area contributed by atoms with Gasteiger partial charge in [0.15, 0.2) is 0 Å². The molecule has 2 saturated heterocycles. The largest absolute Gasteiger partial charge is 0.353 e. The van der Waals surface area contributed by atoms with Crippen LogP contribution in [0.4, 0.5) is 0 Å². The third-order valence-corrected chi connectivity index (χ3v) is 6.02. The molecule has 1 aromatic heterocycles. The zero-order valence-electron chi connectivity index (χ0n) is 15.7. The summed E-state index contributed by atoms with van der Waals surface area (Å²) in [6.07, 6.45) is 1.80. The van der Waals surface area contributed by atoms with Gasteiger partial charge in [-0.05, 0) is 45.1 Å². The van der Waals surface area contributed by atoms with Crippen molar-refractivity contribution in [2.75, 3.05) is 19.6 Å². The summed E-state index contributed by atoms with van der Waals surface area (Å²) in [5.74, 6) is -0.179. The number of likely N-dealkylation sites (tertiary alicyclic amines) is 2. The number of nitrogens with one attached hydrogen (secondary N) is 1. The molecule has 2 fully saturated rings. The summed E-state index contributed by atoms with van der Waals surface area (Å²) in [6.45, 7) is 7.77. The second-order valence-electron chi connectivity index (χ2n) is 8.13. The van der Waals surface area contributed by atoms with Crippen LogP contribution in [0.15, 0.2) is 17.5 Å². The molecule has 0 bridgehead atoms. The minimum atomic E-state index is -0.271. The molecule has 3 heterocycles. The molecule has 26 heavy (non-hydrogen) atoms. The molecule has 0 aliphatic carbocycles. The highest BCUT2D eigenvalue weighted by Crippen LogP contribution is 2.26. The van der Waals surface area contributed by atoms with Gasteiger partial charge in [0.2, 0.25) is 11.8 Å². The Labute approximate surface area is 158 Å². The SMILES string of the molecule is CC(C)(C)N1CC(C(=O)NC2CCN(C(=O)c3cccs3)CC2)CC1=O. The van der Waals surface area contributed by atoms with Crippen molar-refractivity contribution in [1.82, 2.24) is 15.1 Å². The minimum absolute atomic E-state index is 0.0341. The third-order valence-electron chi connectivity index (χ3n) is 5.17. The topological polar surface area (TPSA) is 69.7 Å². The first-order chi connectivity index (χ1) is 12.3. The van der Waals surface area contributed by atoms with E-state index < -0.39 is 0 Å². The Morgan fingerprint density at radius 2 is 1.92 bits per heavy atom. The lowest BCUT2D eigenvalue weighted by Gasteiger charge is -2.33. The molecule has 1 atom stereocenters. The van der Waals surface area contributed by atoms with Crippen LogP contribution in [0.2, 0.25) is 0 Å². The molecule has 1 unspecified atom stereocenters. The lowest BCUT2D eigenvalue weighted by atomic mass is 10.0. The Morgan fingerprint density at radius 3 is 2.46 bits per heavy atom. The van der Waals surface area contributed by atoms with Gasteiger partial charge in [0.05, 0.1) is 10.8 Å². The standard InChI is InChI=1S/C19H27N3O3S/c1-19(2,3)22-12-13(11-16(22)23)17(24)20-14-6-8-21(9-7-14)18(25)15-5-4-10-26-15/h4-5,10,13-14H,6-9,11-12H2,1-3H3,(H,20,24). The fourth-order valence-electron chi connectivity index (χ4n) is 3.63. The Kier molecular flexibility index (Phi) is 5.37. The monoisotopic (exact) mass is 377 g/mol. The Morgan fingerprint density at radius 1 is 1.23 bits per heavy atom. The maximum Gasteiger partial charge on any atom is 0.263 e. The lowest BCUT2D eigenvalue weighted by molar-refractivity contribution is -0.132. The van der Waals surface area contributed by atoms with Crippen molar-refractivity contribution >= 4 is 29.1 Å². The zero-order valence-corrected chi connectivity index (χ0v) is 16.5. The predicted molar refractivity (Wildman–Crippen MR) is 101 cm³/mol. The van der Waals surface area contributed by atoms with Crippen molar-refractivity contribution in [3.63, 3.8) is 0 Å². The van der Waals surface area contributed by atoms with Gasteiger partial charge in [0, 0.05) is 37.6 Å². The van der Waals surface area contributed by atoms with E-state index in [0.29, 0.717) is 26.1 Å². The number of amides is 3. The van der Waals surface area contributed by atoms with Crippen LogP contribution in [0, 0.1) is 5.92 Å². The average Bonchev–Trinajstić information content (AvgIpc) is 3.24. The van der Waals surface area contributed by atoms with Gasteiger partial charge in [-0.3, -0.25) is 14.4 Å². The van der Waals surface area contributed by atoms with Crippen LogP contribution in [0.5, 0.6) is 0 Å². The summed E-state index contributed by atoms with van der Waals surface area (Å²) in [4.78, 5) is 41.5. The normalized spacial score (nSPS) is 22.0. The van der Waals surface area contributed by atoms with E-state index in [9.17, 15) is 14.4 Å². The Bertz CT molecular complexity index is 673. The summed E-state index contributed by atoms with van der Waals surface area (Å²) in [6, 6.07) is 3.81. The van der Waals surface area contributed by atoms with E-state index >= 15 is 0 Å². The first-order valence-electron chi connectivity index (χ1n) is 9.19. The number of thiophene rings is 1. The number of rotatable bonds is 3. The van der Waals surface area contributed by atoms with E-state index in [2.05, 4.69) is 5.32 Å². The average molecular weight is 378 g/mol. The fourth-order valence-corrected chi connectivity index (χ4v) is 4.32. The van der Waals surface area contributed by atoms with Crippen LogP contribution in [0.25, 0.3) is 0 Å². The summed E-state index contributed by atoms with van der Waals surface area (Å²) >= 11 is 1.46. The zero-order chi connectivity index (χ0) is 18.9. The van der Waals surface area contributed by atoms with Crippen LogP contribution in [0.3, 0.4) is 0 Å². The summed E-state index contributed by atoms with van der Waals surface area (Å²) in [7, 11) is 0. The molecule has 0 radical (unpaired) electrons. The van der Waals surface area contributed by atoms with Gasteiger partial charge in [-0.2, -0.15) is 0 Å². The number of carbonyl (C=O) groups is 3. The van der Waals surface area contributed by atoms with Crippen molar-refractivity contribution in [3.8, 4) is 0 Å². The molecular weight excluding hydrogens is 350 g/mol. The van der Waals surface area contributed by atoms with E-state index in [1.165, 1.54) is 11.3 Å². The first-order valence-corrected chi connectivity index (χ1v) is 10.1. The quantitative estimate of drug-likeness (QED) is 0.877. The highest BCUT2D eigenvalue weighted by atomic mass is 32.1. The van der Waals surface area contributed by atoms with Gasteiger partial charge < -0.3 is 15.1 Å². The highest BCUT2D eigenvalue weighted by Gasteiger charge is 2.40. The van der Waals surface area contributed by atoms with E-state index in [4.69, 9.17) is 0 Å².